The third-order valence-electron chi connectivity index (χ3n) is 4.51. The maximum atomic E-state index is 15.0. The van der Waals surface area contributed by atoms with E-state index in [2.05, 4.69) is 14.7 Å². The molecule has 0 aliphatic carbocycles. The minimum Gasteiger partial charge on any atom is -0.345 e. The number of carbonyl (C=O) groups excluding carboxylic acids is 1. The maximum absolute atomic E-state index is 15.0. The molecule has 8 nitrogen and oxygen atoms in total. The first kappa shape index (κ1) is 21.4. The molecule has 0 bridgehead atoms. The molecule has 0 saturated carbocycles. The van der Waals surface area contributed by atoms with E-state index in [4.69, 9.17) is 5.26 Å². The molecule has 3 aromatic rings. The molecule has 2 heterocycles. The second-order valence-electron chi connectivity index (χ2n) is 6.24. The number of halogens is 2. The van der Waals surface area contributed by atoms with Crippen LogP contribution in [0.4, 0.5) is 14.5 Å². The average molecular weight is 433 g/mol. The van der Waals surface area contributed by atoms with Crippen molar-refractivity contribution in [2.75, 3.05) is 17.8 Å². The summed E-state index contributed by atoms with van der Waals surface area (Å²) in [5, 5.41) is 9.24. The van der Waals surface area contributed by atoms with Crippen molar-refractivity contribution in [3.8, 4) is 6.07 Å². The van der Waals surface area contributed by atoms with E-state index in [1.54, 1.807) is 13.8 Å². The van der Waals surface area contributed by atoms with E-state index >= 15 is 4.39 Å². The van der Waals surface area contributed by atoms with Crippen LogP contribution in [0.25, 0.3) is 11.0 Å². The molecule has 0 unspecified atom stereocenters. The van der Waals surface area contributed by atoms with Crippen LogP contribution in [0.15, 0.2) is 30.6 Å². The number of benzene rings is 1. The predicted molar refractivity (Wildman–Crippen MR) is 106 cm³/mol. The lowest BCUT2D eigenvalue weighted by Gasteiger charge is -2.20. The summed E-state index contributed by atoms with van der Waals surface area (Å²) in [6.45, 7) is 3.51. The Balaban J connectivity index is 2.08. The van der Waals surface area contributed by atoms with Crippen molar-refractivity contribution in [3.63, 3.8) is 0 Å². The number of aromatic amines is 1. The van der Waals surface area contributed by atoms with E-state index in [0.717, 1.165) is 16.4 Å². The molecule has 2 N–H and O–H groups in total. The summed E-state index contributed by atoms with van der Waals surface area (Å²) in [5.74, 6) is -3.51. The zero-order valence-corrected chi connectivity index (χ0v) is 16.8. The van der Waals surface area contributed by atoms with Crippen LogP contribution in [0.3, 0.4) is 0 Å². The largest absolute Gasteiger partial charge is 0.345 e. The molecule has 0 aliphatic heterocycles. The highest BCUT2D eigenvalue weighted by Crippen LogP contribution is 2.28. The number of hydrogen-bond acceptors (Lipinski definition) is 5. The Labute approximate surface area is 171 Å². The van der Waals surface area contributed by atoms with Crippen LogP contribution in [0.1, 0.15) is 35.3 Å². The first-order chi connectivity index (χ1) is 14.2. The summed E-state index contributed by atoms with van der Waals surface area (Å²) in [7, 11) is -4.09. The van der Waals surface area contributed by atoms with Crippen molar-refractivity contribution in [1.29, 1.82) is 5.26 Å². The smallest absolute Gasteiger partial charge is 0.301 e. The number of aromatic nitrogens is 2. The Bertz CT molecular complexity index is 1280. The quantitative estimate of drug-likeness (QED) is 0.555. The number of anilines is 1. The summed E-state index contributed by atoms with van der Waals surface area (Å²) >= 11 is 0. The van der Waals surface area contributed by atoms with Crippen LogP contribution >= 0.6 is 0 Å². The van der Waals surface area contributed by atoms with Crippen molar-refractivity contribution < 1.29 is 22.0 Å². The van der Waals surface area contributed by atoms with Crippen molar-refractivity contribution >= 4 is 32.7 Å². The molecule has 2 aromatic heterocycles. The van der Waals surface area contributed by atoms with Gasteiger partial charge in [0.15, 0.2) is 5.82 Å². The Kier molecular flexibility index (Phi) is 5.82. The summed E-state index contributed by atoms with van der Waals surface area (Å²) < 4.78 is 57.3. The van der Waals surface area contributed by atoms with Gasteiger partial charge in [0, 0.05) is 36.4 Å². The van der Waals surface area contributed by atoms with Gasteiger partial charge in [-0.25, -0.2) is 13.8 Å². The fraction of sp³-hybridized carbons (Fsp3) is 0.211. The lowest BCUT2D eigenvalue weighted by atomic mass is 10.0. The highest BCUT2D eigenvalue weighted by Gasteiger charge is 2.27. The third kappa shape index (κ3) is 3.74. The van der Waals surface area contributed by atoms with E-state index in [1.165, 1.54) is 18.5 Å². The molecular formula is C19H17F2N5O3S. The average Bonchev–Trinajstić information content (AvgIpc) is 3.13. The first-order valence-corrected chi connectivity index (χ1v) is 10.3. The zero-order valence-electron chi connectivity index (χ0n) is 16.0. The maximum Gasteiger partial charge on any atom is 0.301 e. The number of H-pyrrole nitrogens is 1. The van der Waals surface area contributed by atoms with Gasteiger partial charge in [-0.05, 0) is 18.2 Å². The molecule has 0 spiro atoms. The second-order valence-corrected chi connectivity index (χ2v) is 7.91. The van der Waals surface area contributed by atoms with Gasteiger partial charge in [0.05, 0.1) is 16.8 Å². The zero-order chi connectivity index (χ0) is 22.1. The van der Waals surface area contributed by atoms with Crippen LogP contribution in [0, 0.1) is 23.0 Å². The van der Waals surface area contributed by atoms with Gasteiger partial charge >= 0.3 is 10.2 Å². The van der Waals surface area contributed by atoms with Crippen LogP contribution in [0.2, 0.25) is 0 Å². The highest BCUT2D eigenvalue weighted by atomic mass is 32.2. The molecule has 11 heteroatoms. The van der Waals surface area contributed by atoms with Gasteiger partial charge in [0.1, 0.15) is 17.5 Å². The number of ketones is 1. The molecule has 0 amide bonds. The van der Waals surface area contributed by atoms with Gasteiger partial charge < -0.3 is 4.98 Å². The molecule has 0 fully saturated rings. The molecule has 3 rings (SSSR count). The number of hydrogen-bond donors (Lipinski definition) is 2. The fourth-order valence-electron chi connectivity index (χ4n) is 2.99. The van der Waals surface area contributed by atoms with Gasteiger partial charge in [-0.1, -0.05) is 13.8 Å². The topological polar surface area (TPSA) is 119 Å². The SMILES string of the molecule is CCN(CC)S(=O)(=O)Nc1ccc(F)c(C(=O)c2c[nH]c3ncc(C#N)cc23)c1F. The lowest BCUT2D eigenvalue weighted by molar-refractivity contribution is 0.103. The number of fused-ring (bicyclic) bond motifs is 1. The summed E-state index contributed by atoms with van der Waals surface area (Å²) in [4.78, 5) is 19.6. The number of nitriles is 1. The van der Waals surface area contributed by atoms with Gasteiger partial charge in [0.25, 0.3) is 0 Å². The highest BCUT2D eigenvalue weighted by molar-refractivity contribution is 7.90. The summed E-state index contributed by atoms with van der Waals surface area (Å²) in [6, 6.07) is 4.97. The second kappa shape index (κ2) is 8.17. The van der Waals surface area contributed by atoms with E-state index in [-0.39, 0.29) is 35.2 Å². The Hall–Kier alpha value is -3.36. The molecule has 0 atom stereocenters. The van der Waals surface area contributed by atoms with Crippen LogP contribution < -0.4 is 4.72 Å². The molecular weight excluding hydrogens is 416 g/mol. The van der Waals surface area contributed by atoms with E-state index in [0.29, 0.717) is 0 Å². The van der Waals surface area contributed by atoms with Crippen LogP contribution in [0.5, 0.6) is 0 Å². The van der Waals surface area contributed by atoms with Crippen molar-refractivity contribution in [2.24, 2.45) is 0 Å². The van der Waals surface area contributed by atoms with E-state index in [9.17, 15) is 17.6 Å². The Morgan fingerprint density at radius 3 is 2.63 bits per heavy atom. The monoisotopic (exact) mass is 433 g/mol. The normalized spacial score (nSPS) is 11.6. The number of nitrogens with zero attached hydrogens (tertiary/aromatic N) is 3. The minimum atomic E-state index is -4.09. The van der Waals surface area contributed by atoms with Gasteiger partial charge in [-0.15, -0.1) is 0 Å². The first-order valence-electron chi connectivity index (χ1n) is 8.91. The number of nitrogens with one attached hydrogen (secondary N) is 2. The number of carbonyl (C=O) groups is 1. The van der Waals surface area contributed by atoms with Crippen LogP contribution in [-0.2, 0) is 10.2 Å². The van der Waals surface area contributed by atoms with Gasteiger partial charge in [-0.3, -0.25) is 9.52 Å². The molecule has 30 heavy (non-hydrogen) atoms. The van der Waals surface area contributed by atoms with Gasteiger partial charge in [0.2, 0.25) is 5.78 Å². The molecule has 0 aliphatic rings. The van der Waals surface area contributed by atoms with E-state index < -0.39 is 38.9 Å². The predicted octanol–water partition coefficient (Wildman–Crippen LogP) is 2.94. The molecule has 0 radical (unpaired) electrons. The van der Waals surface area contributed by atoms with Crippen molar-refractivity contribution in [3.05, 3.63) is 58.9 Å². The lowest BCUT2D eigenvalue weighted by Crippen LogP contribution is -2.35. The molecule has 1 aromatic carbocycles. The van der Waals surface area contributed by atoms with Crippen LogP contribution in [-0.4, -0.2) is 41.6 Å². The van der Waals surface area contributed by atoms with Gasteiger partial charge in [-0.2, -0.15) is 18.0 Å². The van der Waals surface area contributed by atoms with E-state index in [1.807, 2.05) is 6.07 Å². The molecule has 156 valence electrons. The Morgan fingerprint density at radius 2 is 2.00 bits per heavy atom. The number of pyridine rings is 1. The standard InChI is InChI=1S/C19H17F2N5O3S/c1-3-26(4-2)30(28,29)25-15-6-5-14(20)16(17(15)21)18(27)13-10-24-19-12(13)7-11(8-22)9-23-19/h5-7,9-10,25H,3-4H2,1-2H3,(H,23,24). The Morgan fingerprint density at radius 1 is 1.30 bits per heavy atom. The van der Waals surface area contributed by atoms with Crippen molar-refractivity contribution in [1.82, 2.24) is 14.3 Å². The third-order valence-corrected chi connectivity index (χ3v) is 6.18. The molecule has 0 saturated heterocycles. The summed E-state index contributed by atoms with van der Waals surface area (Å²) in [6.07, 6.45) is 2.52. The summed E-state index contributed by atoms with van der Waals surface area (Å²) in [5.41, 5.74) is -1.15. The minimum absolute atomic E-state index is 0.101. The van der Waals surface area contributed by atoms with Crippen molar-refractivity contribution in [2.45, 2.75) is 13.8 Å². The number of rotatable bonds is 7. The fourth-order valence-corrected chi connectivity index (χ4v) is 4.24.